The van der Waals surface area contributed by atoms with Gasteiger partial charge in [-0.3, -0.25) is 0 Å². The van der Waals surface area contributed by atoms with E-state index >= 15 is 0 Å². The van der Waals surface area contributed by atoms with Crippen molar-refractivity contribution >= 4 is 17.4 Å². The molecule has 0 fully saturated rings. The summed E-state index contributed by atoms with van der Waals surface area (Å²) in [6.07, 6.45) is 2.73. The number of alkyl halides is 1. The maximum Gasteiger partial charge on any atom is 0.148 e. The predicted molar refractivity (Wildman–Crippen MR) is 64.4 cm³/mol. The van der Waals surface area contributed by atoms with E-state index in [1.807, 2.05) is 13.0 Å². The van der Waals surface area contributed by atoms with Gasteiger partial charge in [0.25, 0.3) is 0 Å². The summed E-state index contributed by atoms with van der Waals surface area (Å²) >= 11 is 5.74. The summed E-state index contributed by atoms with van der Waals surface area (Å²) in [6.45, 7) is 7.23. The molecule has 15 heavy (non-hydrogen) atoms. The number of nitrogens with one attached hydrogen (secondary N) is 1. The number of hydrogen-bond acceptors (Lipinski definition) is 3. The van der Waals surface area contributed by atoms with E-state index in [0.717, 1.165) is 24.3 Å². The molecule has 4 heteroatoms. The standard InChI is InChI=1S/C11H18ClN3/c1-9-6-10(15-14-7-9)13-8-11(2,3)4-5-12/h6-7H,4-5,8H2,1-3H3,(H,13,15). The number of hydrogen-bond donors (Lipinski definition) is 1. The van der Waals surface area contributed by atoms with Crippen LogP contribution < -0.4 is 5.32 Å². The van der Waals surface area contributed by atoms with Crippen LogP contribution in [0.25, 0.3) is 0 Å². The van der Waals surface area contributed by atoms with Gasteiger partial charge in [-0.1, -0.05) is 13.8 Å². The monoisotopic (exact) mass is 227 g/mol. The molecule has 0 aromatic carbocycles. The molecule has 0 radical (unpaired) electrons. The molecule has 0 atom stereocenters. The highest BCUT2D eigenvalue weighted by atomic mass is 35.5. The third-order valence-electron chi connectivity index (χ3n) is 2.31. The molecule has 1 N–H and O–H groups in total. The molecule has 1 aromatic heterocycles. The molecule has 0 spiro atoms. The highest BCUT2D eigenvalue weighted by Crippen LogP contribution is 2.21. The summed E-state index contributed by atoms with van der Waals surface area (Å²) in [7, 11) is 0. The van der Waals surface area contributed by atoms with E-state index in [0.29, 0.717) is 5.88 Å². The second-order valence-electron chi connectivity index (χ2n) is 4.57. The zero-order valence-corrected chi connectivity index (χ0v) is 10.3. The zero-order valence-electron chi connectivity index (χ0n) is 9.55. The van der Waals surface area contributed by atoms with E-state index in [1.165, 1.54) is 0 Å². The minimum absolute atomic E-state index is 0.188. The van der Waals surface area contributed by atoms with Gasteiger partial charge in [0.2, 0.25) is 0 Å². The van der Waals surface area contributed by atoms with Gasteiger partial charge in [0.1, 0.15) is 5.82 Å². The number of halogens is 1. The van der Waals surface area contributed by atoms with Crippen molar-refractivity contribution in [2.24, 2.45) is 5.41 Å². The maximum absolute atomic E-state index is 5.74. The van der Waals surface area contributed by atoms with E-state index in [1.54, 1.807) is 6.20 Å². The predicted octanol–water partition coefficient (Wildman–Crippen LogP) is 2.85. The Morgan fingerprint density at radius 3 is 2.80 bits per heavy atom. The van der Waals surface area contributed by atoms with Gasteiger partial charge in [-0.05, 0) is 30.4 Å². The minimum Gasteiger partial charge on any atom is -0.368 e. The van der Waals surface area contributed by atoms with Crippen LogP contribution in [0.15, 0.2) is 12.3 Å². The van der Waals surface area contributed by atoms with Crippen molar-refractivity contribution in [1.29, 1.82) is 0 Å². The zero-order chi connectivity index (χ0) is 11.3. The summed E-state index contributed by atoms with van der Waals surface area (Å²) in [5, 5.41) is 11.2. The lowest BCUT2D eigenvalue weighted by Gasteiger charge is -2.23. The molecule has 0 amide bonds. The molecule has 0 bridgehead atoms. The van der Waals surface area contributed by atoms with Gasteiger partial charge < -0.3 is 5.32 Å². The first kappa shape index (κ1) is 12.2. The Labute approximate surface area is 96.2 Å². The SMILES string of the molecule is Cc1cnnc(NCC(C)(C)CCCl)c1. The van der Waals surface area contributed by atoms with Crippen molar-refractivity contribution in [2.45, 2.75) is 27.2 Å². The van der Waals surface area contributed by atoms with Gasteiger partial charge in [-0.25, -0.2) is 0 Å². The van der Waals surface area contributed by atoms with Crippen LogP contribution in [0.2, 0.25) is 0 Å². The van der Waals surface area contributed by atoms with Gasteiger partial charge >= 0.3 is 0 Å². The van der Waals surface area contributed by atoms with Gasteiger partial charge in [0, 0.05) is 12.4 Å². The topological polar surface area (TPSA) is 37.8 Å². The Hall–Kier alpha value is -0.830. The lowest BCUT2D eigenvalue weighted by molar-refractivity contribution is 0.379. The molecule has 0 unspecified atom stereocenters. The molecular formula is C11H18ClN3. The molecule has 0 saturated heterocycles. The Balaban J connectivity index is 2.49. The normalized spacial score (nSPS) is 11.5. The van der Waals surface area contributed by atoms with Crippen molar-refractivity contribution < 1.29 is 0 Å². The van der Waals surface area contributed by atoms with Gasteiger partial charge in [-0.2, -0.15) is 5.10 Å². The van der Waals surface area contributed by atoms with Crippen LogP contribution >= 0.6 is 11.6 Å². The summed E-state index contributed by atoms with van der Waals surface area (Å²) in [6, 6.07) is 1.99. The summed E-state index contributed by atoms with van der Waals surface area (Å²) in [5.74, 6) is 1.52. The average Bonchev–Trinajstić information content (AvgIpc) is 2.15. The van der Waals surface area contributed by atoms with Crippen LogP contribution in [0, 0.1) is 12.3 Å². The molecular weight excluding hydrogens is 210 g/mol. The highest BCUT2D eigenvalue weighted by molar-refractivity contribution is 6.17. The van der Waals surface area contributed by atoms with Crippen LogP contribution in [0.3, 0.4) is 0 Å². The van der Waals surface area contributed by atoms with Gasteiger partial charge in [0.15, 0.2) is 0 Å². The van der Waals surface area contributed by atoms with E-state index in [2.05, 4.69) is 29.4 Å². The fourth-order valence-corrected chi connectivity index (χ4v) is 1.74. The van der Waals surface area contributed by atoms with Gasteiger partial charge in [0.05, 0.1) is 6.20 Å². The highest BCUT2D eigenvalue weighted by Gasteiger charge is 2.16. The molecule has 0 aliphatic carbocycles. The van der Waals surface area contributed by atoms with E-state index in [-0.39, 0.29) is 5.41 Å². The fraction of sp³-hybridized carbons (Fsp3) is 0.636. The molecule has 84 valence electrons. The second kappa shape index (κ2) is 5.31. The molecule has 0 aliphatic rings. The smallest absolute Gasteiger partial charge is 0.148 e. The molecule has 3 nitrogen and oxygen atoms in total. The summed E-state index contributed by atoms with van der Waals surface area (Å²) in [5.41, 5.74) is 1.30. The Morgan fingerprint density at radius 1 is 1.47 bits per heavy atom. The number of aromatic nitrogens is 2. The van der Waals surface area contributed by atoms with Crippen molar-refractivity contribution in [3.8, 4) is 0 Å². The molecule has 1 heterocycles. The number of nitrogens with zero attached hydrogens (tertiary/aromatic N) is 2. The van der Waals surface area contributed by atoms with Gasteiger partial charge in [-0.15, -0.1) is 16.7 Å². The average molecular weight is 228 g/mol. The number of rotatable bonds is 5. The lowest BCUT2D eigenvalue weighted by Crippen LogP contribution is -2.24. The first-order valence-electron chi connectivity index (χ1n) is 5.13. The molecule has 0 saturated carbocycles. The quantitative estimate of drug-likeness (QED) is 0.787. The lowest BCUT2D eigenvalue weighted by atomic mass is 9.90. The van der Waals surface area contributed by atoms with Crippen LogP contribution in [0.1, 0.15) is 25.8 Å². The number of aryl methyl sites for hydroxylation is 1. The van der Waals surface area contributed by atoms with Crippen molar-refractivity contribution in [2.75, 3.05) is 17.7 Å². The third-order valence-corrected chi connectivity index (χ3v) is 2.50. The van der Waals surface area contributed by atoms with Crippen LogP contribution in [-0.4, -0.2) is 22.6 Å². The molecule has 0 aliphatic heterocycles. The van der Waals surface area contributed by atoms with E-state index < -0.39 is 0 Å². The Kier molecular flexibility index (Phi) is 4.33. The van der Waals surface area contributed by atoms with Crippen LogP contribution in [0.5, 0.6) is 0 Å². The summed E-state index contributed by atoms with van der Waals surface area (Å²) in [4.78, 5) is 0. The van der Waals surface area contributed by atoms with Crippen molar-refractivity contribution in [3.63, 3.8) is 0 Å². The van der Waals surface area contributed by atoms with E-state index in [9.17, 15) is 0 Å². The van der Waals surface area contributed by atoms with Crippen LogP contribution in [0.4, 0.5) is 5.82 Å². The van der Waals surface area contributed by atoms with Crippen molar-refractivity contribution in [1.82, 2.24) is 10.2 Å². The first-order valence-corrected chi connectivity index (χ1v) is 5.66. The Morgan fingerprint density at radius 2 is 2.20 bits per heavy atom. The number of anilines is 1. The van der Waals surface area contributed by atoms with Crippen LogP contribution in [-0.2, 0) is 0 Å². The second-order valence-corrected chi connectivity index (χ2v) is 4.95. The summed E-state index contributed by atoms with van der Waals surface area (Å²) < 4.78 is 0. The molecule has 1 rings (SSSR count). The minimum atomic E-state index is 0.188. The maximum atomic E-state index is 5.74. The first-order chi connectivity index (χ1) is 7.03. The Bertz CT molecular complexity index is 312. The fourth-order valence-electron chi connectivity index (χ4n) is 1.22. The van der Waals surface area contributed by atoms with E-state index in [4.69, 9.17) is 11.6 Å². The third kappa shape index (κ3) is 4.47. The molecule has 1 aromatic rings. The largest absolute Gasteiger partial charge is 0.368 e. The van der Waals surface area contributed by atoms with Crippen molar-refractivity contribution in [3.05, 3.63) is 17.8 Å².